The Bertz CT molecular complexity index is 374. The molecule has 2 unspecified atom stereocenters. The molecule has 23 heavy (non-hydrogen) atoms. The van der Waals surface area contributed by atoms with E-state index in [1.54, 1.807) is 5.57 Å². The van der Waals surface area contributed by atoms with Gasteiger partial charge in [0.25, 0.3) is 0 Å². The van der Waals surface area contributed by atoms with Crippen molar-refractivity contribution in [1.29, 1.82) is 0 Å². The minimum absolute atomic E-state index is 0. The monoisotopic (exact) mass is 354 g/mol. The van der Waals surface area contributed by atoms with Gasteiger partial charge in [-0.15, -0.1) is 0 Å². The fourth-order valence-electron chi connectivity index (χ4n) is 3.29. The Morgan fingerprint density at radius 2 is 1.52 bits per heavy atom. The minimum atomic E-state index is -0.113. The summed E-state index contributed by atoms with van der Waals surface area (Å²) in [4.78, 5) is 0. The summed E-state index contributed by atoms with van der Waals surface area (Å²) < 4.78 is 0. The normalized spacial score (nSPS) is 16.7. The molecule has 1 aliphatic rings. The molecule has 0 saturated heterocycles. The molecule has 1 radical (unpaired) electrons. The largest absolute Gasteiger partial charge is 3.00 e. The molecule has 1 nitrogen and oxygen atoms in total. The van der Waals surface area contributed by atoms with E-state index in [0.29, 0.717) is 11.8 Å². The van der Waals surface area contributed by atoms with E-state index in [1.807, 2.05) is 0 Å². The molecule has 0 amide bonds. The van der Waals surface area contributed by atoms with Gasteiger partial charge >= 0.3 is 21.7 Å². The zero-order valence-corrected chi connectivity index (χ0v) is 18.5. The van der Waals surface area contributed by atoms with Gasteiger partial charge in [-0.2, -0.15) is 5.57 Å². The van der Waals surface area contributed by atoms with Crippen LogP contribution in [0, 0.1) is 32.8 Å². The molecule has 1 rings (SSSR count). The van der Waals surface area contributed by atoms with Crippen LogP contribution in [0.1, 0.15) is 80.1 Å². The Balaban J connectivity index is -0.00000133. The van der Waals surface area contributed by atoms with Gasteiger partial charge in [0.15, 0.2) is 0 Å². The van der Waals surface area contributed by atoms with Crippen molar-refractivity contribution in [3.05, 3.63) is 37.6 Å². The summed E-state index contributed by atoms with van der Waals surface area (Å²) in [5.41, 5.74) is 10.7. The van der Waals surface area contributed by atoms with Crippen molar-refractivity contribution >= 4 is 0 Å². The molecule has 0 fully saturated rings. The van der Waals surface area contributed by atoms with Gasteiger partial charge in [0.1, 0.15) is 0 Å². The second-order valence-electron chi connectivity index (χ2n) is 7.39. The molecule has 1 aliphatic carbocycles. The predicted molar refractivity (Wildman–Crippen MR) is 102 cm³/mol. The number of allylic oxidation sites excluding steroid dienone is 3. The second-order valence-corrected chi connectivity index (χ2v) is 7.39. The third-order valence-corrected chi connectivity index (χ3v) is 4.28. The Morgan fingerprint density at radius 3 is 1.96 bits per heavy atom. The van der Waals surface area contributed by atoms with Gasteiger partial charge in [-0.05, 0) is 38.1 Å². The third-order valence-electron chi connectivity index (χ3n) is 4.28. The van der Waals surface area contributed by atoms with Crippen LogP contribution in [-0.4, -0.2) is 5.54 Å². The molecule has 0 aliphatic heterocycles. The van der Waals surface area contributed by atoms with Crippen molar-refractivity contribution in [2.45, 2.75) is 85.6 Å². The van der Waals surface area contributed by atoms with Gasteiger partial charge in [0, 0.05) is 0 Å². The molecule has 0 aromatic rings. The first-order chi connectivity index (χ1) is 9.28. The molecule has 133 valence electrons. The SMILES string of the molecule is CCCC(C)C1=[C-]C(C(C)CCC)=C(CC(C)(C)N)C1.[CH3-].[CH3-].[Ti+3]. The Hall–Kier alpha value is 0.154. The molecule has 2 N–H and O–H groups in total. The summed E-state index contributed by atoms with van der Waals surface area (Å²) >= 11 is 0. The van der Waals surface area contributed by atoms with Crippen LogP contribution in [0.2, 0.25) is 0 Å². The first-order valence-corrected chi connectivity index (χ1v) is 8.42. The van der Waals surface area contributed by atoms with Gasteiger partial charge in [-0.1, -0.05) is 59.3 Å². The van der Waals surface area contributed by atoms with Crippen molar-refractivity contribution in [3.8, 4) is 0 Å². The Labute approximate surface area is 162 Å². The van der Waals surface area contributed by atoms with Crippen LogP contribution in [0.25, 0.3) is 0 Å². The topological polar surface area (TPSA) is 26.0 Å². The molecule has 0 heterocycles. The van der Waals surface area contributed by atoms with Gasteiger partial charge in [0.05, 0.1) is 0 Å². The molecular weight excluding hydrogens is 314 g/mol. The number of hydrogen-bond acceptors (Lipinski definition) is 1. The molecular formula is C21H40NTi. The molecule has 0 bridgehead atoms. The molecule has 0 aromatic carbocycles. The average molecular weight is 354 g/mol. The average Bonchev–Trinajstić information content (AvgIpc) is 2.71. The van der Waals surface area contributed by atoms with E-state index in [1.165, 1.54) is 36.8 Å². The van der Waals surface area contributed by atoms with Crippen molar-refractivity contribution in [2.24, 2.45) is 17.6 Å². The summed E-state index contributed by atoms with van der Waals surface area (Å²) in [6.07, 6.45) is 10.9. The van der Waals surface area contributed by atoms with Crippen molar-refractivity contribution < 1.29 is 21.7 Å². The second kappa shape index (κ2) is 12.5. The van der Waals surface area contributed by atoms with Crippen LogP contribution in [0.4, 0.5) is 0 Å². The van der Waals surface area contributed by atoms with E-state index < -0.39 is 0 Å². The van der Waals surface area contributed by atoms with E-state index in [-0.39, 0.29) is 42.1 Å². The summed E-state index contributed by atoms with van der Waals surface area (Å²) in [6.45, 7) is 13.5. The van der Waals surface area contributed by atoms with Crippen LogP contribution in [0.5, 0.6) is 0 Å². The van der Waals surface area contributed by atoms with Gasteiger partial charge in [-0.3, -0.25) is 0 Å². The zero-order chi connectivity index (χ0) is 15.3. The van der Waals surface area contributed by atoms with Crippen LogP contribution < -0.4 is 5.73 Å². The maximum atomic E-state index is 6.26. The van der Waals surface area contributed by atoms with Crippen LogP contribution in [0.15, 0.2) is 16.7 Å². The molecule has 2 atom stereocenters. The fourth-order valence-corrected chi connectivity index (χ4v) is 3.29. The molecule has 0 aromatic heterocycles. The van der Waals surface area contributed by atoms with Crippen molar-refractivity contribution in [3.63, 3.8) is 0 Å². The smallest absolute Gasteiger partial charge is 0.358 e. The molecule has 0 spiro atoms. The molecule has 2 heteroatoms. The quantitative estimate of drug-likeness (QED) is 0.401. The van der Waals surface area contributed by atoms with Crippen molar-refractivity contribution in [2.75, 3.05) is 0 Å². The number of rotatable bonds is 8. The summed E-state index contributed by atoms with van der Waals surface area (Å²) in [7, 11) is 0. The third kappa shape index (κ3) is 9.27. The predicted octanol–water partition coefficient (Wildman–Crippen LogP) is 6.31. The fraction of sp³-hybridized carbons (Fsp3) is 0.714. The summed E-state index contributed by atoms with van der Waals surface area (Å²) in [5.74, 6) is 1.30. The van der Waals surface area contributed by atoms with Crippen LogP contribution in [0.3, 0.4) is 0 Å². The first kappa shape index (κ1) is 28.0. The van der Waals surface area contributed by atoms with Gasteiger partial charge in [-0.25, -0.2) is 17.2 Å². The standard InChI is InChI=1S/C19H34N.2CH3.Ti/c1-7-9-14(3)16-11-17(13-19(5,6)20)18(12-16)15(4)10-8-2;;;/h14-15H,7-11,13,20H2,1-6H3;2*1H3;/q3*-1;+3. The maximum absolute atomic E-state index is 6.26. The van der Waals surface area contributed by atoms with Gasteiger partial charge in [0.2, 0.25) is 0 Å². The van der Waals surface area contributed by atoms with E-state index in [4.69, 9.17) is 5.73 Å². The molecule has 0 saturated carbocycles. The zero-order valence-electron chi connectivity index (χ0n) is 17.0. The number of nitrogens with two attached hydrogens (primary N) is 1. The summed E-state index contributed by atoms with van der Waals surface area (Å²) in [5, 5.41) is 0. The van der Waals surface area contributed by atoms with E-state index in [9.17, 15) is 0 Å². The van der Waals surface area contributed by atoms with Crippen LogP contribution in [-0.2, 0) is 21.7 Å². The minimum Gasteiger partial charge on any atom is -0.358 e. The Morgan fingerprint density at radius 1 is 1.04 bits per heavy atom. The first-order valence-electron chi connectivity index (χ1n) is 8.42. The van der Waals surface area contributed by atoms with E-state index in [2.05, 4.69) is 47.6 Å². The van der Waals surface area contributed by atoms with E-state index >= 15 is 0 Å². The van der Waals surface area contributed by atoms with Crippen molar-refractivity contribution in [1.82, 2.24) is 0 Å². The summed E-state index contributed by atoms with van der Waals surface area (Å²) in [6, 6.07) is 0. The van der Waals surface area contributed by atoms with Gasteiger partial charge < -0.3 is 20.6 Å². The van der Waals surface area contributed by atoms with Crippen LogP contribution >= 0.6 is 0 Å². The number of hydrogen-bond donors (Lipinski definition) is 1. The van der Waals surface area contributed by atoms with E-state index in [0.717, 1.165) is 12.8 Å². The maximum Gasteiger partial charge on any atom is 3.00 e. The Kier molecular flexibility index (Phi) is 15.2.